The van der Waals surface area contributed by atoms with Gasteiger partial charge in [-0.1, -0.05) is 15.9 Å². The van der Waals surface area contributed by atoms with Crippen molar-refractivity contribution in [2.24, 2.45) is 0 Å². The molecule has 0 aliphatic rings. The molecule has 1 aromatic carbocycles. The van der Waals surface area contributed by atoms with Crippen LogP contribution in [-0.4, -0.2) is 41.9 Å². The van der Waals surface area contributed by atoms with E-state index in [-0.39, 0.29) is 30.2 Å². The van der Waals surface area contributed by atoms with Crippen molar-refractivity contribution >= 4 is 21.8 Å². The van der Waals surface area contributed by atoms with Gasteiger partial charge >= 0.3 is 0 Å². The average Bonchev–Trinajstić information content (AvgIpc) is 2.52. The predicted octanol–water partition coefficient (Wildman–Crippen LogP) is 3.00. The number of nitrogens with one attached hydrogen (secondary N) is 2. The lowest BCUT2D eigenvalue weighted by molar-refractivity contribution is -0.124. The van der Waals surface area contributed by atoms with Gasteiger partial charge in [0.15, 0.2) is 18.1 Å². The van der Waals surface area contributed by atoms with E-state index in [0.29, 0.717) is 24.7 Å². The van der Waals surface area contributed by atoms with Gasteiger partial charge in [0.1, 0.15) is 0 Å². The predicted molar refractivity (Wildman–Crippen MR) is 107 cm³/mol. The fourth-order valence-electron chi connectivity index (χ4n) is 2.08. The maximum absolute atomic E-state index is 12.0. The summed E-state index contributed by atoms with van der Waals surface area (Å²) in [6, 6.07) is 3.68. The Balaban J connectivity index is 2.89. The second-order valence-electron chi connectivity index (χ2n) is 7.81. The Kier molecular flexibility index (Phi) is 8.37. The van der Waals surface area contributed by atoms with Crippen LogP contribution in [0.3, 0.4) is 0 Å². The highest BCUT2D eigenvalue weighted by atomic mass is 79.9. The molecule has 6 nitrogen and oxygen atoms in total. The highest BCUT2D eigenvalue weighted by Crippen LogP contribution is 2.34. The van der Waals surface area contributed by atoms with Crippen LogP contribution < -0.4 is 20.1 Å². The van der Waals surface area contributed by atoms with E-state index in [0.717, 1.165) is 10.0 Å². The first-order valence-corrected chi connectivity index (χ1v) is 9.51. The maximum Gasteiger partial charge on any atom is 0.258 e. The zero-order valence-corrected chi connectivity index (χ0v) is 18.1. The highest BCUT2D eigenvalue weighted by Gasteiger charge is 2.18. The first kappa shape index (κ1) is 22.7. The molecule has 3 N–H and O–H groups in total. The molecule has 1 aromatic rings. The third-order valence-corrected chi connectivity index (χ3v) is 4.18. The van der Waals surface area contributed by atoms with Crippen LogP contribution in [0, 0.1) is 0 Å². The quantitative estimate of drug-likeness (QED) is 0.560. The number of hydrogen-bond donors (Lipinski definition) is 3. The fourth-order valence-corrected chi connectivity index (χ4v) is 2.54. The lowest BCUT2D eigenvalue weighted by atomic mass is 10.1. The minimum absolute atomic E-state index is 0.0347. The third-order valence-electron chi connectivity index (χ3n) is 3.44. The molecule has 0 atom stereocenters. The highest BCUT2D eigenvalue weighted by molar-refractivity contribution is 9.10. The lowest BCUT2D eigenvalue weighted by Gasteiger charge is -2.24. The zero-order valence-electron chi connectivity index (χ0n) is 16.5. The molecule has 0 bridgehead atoms. The van der Waals surface area contributed by atoms with Gasteiger partial charge in [0, 0.05) is 22.1 Å². The van der Waals surface area contributed by atoms with Gasteiger partial charge in [0.2, 0.25) is 0 Å². The number of ether oxygens (including phenoxy) is 2. The largest absolute Gasteiger partial charge is 0.490 e. The molecule has 0 aromatic heterocycles. The molecular formula is C19H31BrN2O4. The van der Waals surface area contributed by atoms with Crippen molar-refractivity contribution in [1.82, 2.24) is 10.6 Å². The third kappa shape index (κ3) is 7.93. The summed E-state index contributed by atoms with van der Waals surface area (Å²) in [6.07, 6.45) is 0. The lowest BCUT2D eigenvalue weighted by Crippen LogP contribution is -2.43. The van der Waals surface area contributed by atoms with E-state index < -0.39 is 0 Å². The Morgan fingerprint density at radius 1 is 1.15 bits per heavy atom. The molecule has 26 heavy (non-hydrogen) atoms. The Hall–Kier alpha value is -1.31. The summed E-state index contributed by atoms with van der Waals surface area (Å²) in [5.41, 5.74) is 0.283. The van der Waals surface area contributed by atoms with Gasteiger partial charge < -0.3 is 25.2 Å². The topological polar surface area (TPSA) is 79.8 Å². The average molecular weight is 431 g/mol. The normalized spacial score (nSPS) is 12.0. The number of carbonyl (C=O) groups is 1. The van der Waals surface area contributed by atoms with E-state index in [1.807, 2.05) is 47.6 Å². The first-order chi connectivity index (χ1) is 12.0. The van der Waals surface area contributed by atoms with Crippen molar-refractivity contribution in [2.45, 2.75) is 59.2 Å². The van der Waals surface area contributed by atoms with Crippen molar-refractivity contribution < 1.29 is 19.4 Å². The van der Waals surface area contributed by atoms with Crippen LogP contribution in [0.5, 0.6) is 11.5 Å². The van der Waals surface area contributed by atoms with E-state index in [1.165, 1.54) is 0 Å². The molecule has 0 fully saturated rings. The van der Waals surface area contributed by atoms with Crippen molar-refractivity contribution in [2.75, 3.05) is 19.8 Å². The number of carbonyl (C=O) groups excluding carboxylic acids is 1. The summed E-state index contributed by atoms with van der Waals surface area (Å²) in [5, 5.41) is 15.5. The van der Waals surface area contributed by atoms with Crippen LogP contribution in [0.25, 0.3) is 0 Å². The number of amides is 1. The van der Waals surface area contributed by atoms with E-state index >= 15 is 0 Å². The molecule has 7 heteroatoms. The van der Waals surface area contributed by atoms with Gasteiger partial charge in [0.05, 0.1) is 13.2 Å². The molecule has 1 rings (SSSR count). The van der Waals surface area contributed by atoms with Crippen LogP contribution in [0.1, 0.15) is 47.1 Å². The number of rotatable bonds is 9. The minimum atomic E-state index is -0.383. The Morgan fingerprint density at radius 2 is 1.77 bits per heavy atom. The van der Waals surface area contributed by atoms with E-state index in [1.54, 1.807) is 6.07 Å². The number of aliphatic hydroxyl groups is 1. The SMILES string of the molecule is CCOc1cc(CNC(C)(C)CO)c(Br)cc1OCC(=O)NC(C)(C)C. The van der Waals surface area contributed by atoms with Crippen LogP contribution in [-0.2, 0) is 11.3 Å². The molecule has 0 aliphatic carbocycles. The Bertz CT molecular complexity index is 612. The number of aliphatic hydroxyl groups excluding tert-OH is 1. The zero-order chi connectivity index (χ0) is 20.0. The Labute approximate surface area is 164 Å². The number of halogens is 1. The first-order valence-electron chi connectivity index (χ1n) is 8.72. The molecule has 0 unspecified atom stereocenters. The fraction of sp³-hybridized carbons (Fsp3) is 0.632. The maximum atomic E-state index is 12.0. The van der Waals surface area contributed by atoms with Crippen molar-refractivity contribution in [3.8, 4) is 11.5 Å². The summed E-state index contributed by atoms with van der Waals surface area (Å²) >= 11 is 3.54. The van der Waals surface area contributed by atoms with Gasteiger partial charge in [-0.3, -0.25) is 4.79 Å². The molecule has 0 saturated carbocycles. The van der Waals surface area contributed by atoms with Crippen LogP contribution in [0.15, 0.2) is 16.6 Å². The van der Waals surface area contributed by atoms with Crippen molar-refractivity contribution in [1.29, 1.82) is 0 Å². The van der Waals surface area contributed by atoms with Crippen LogP contribution >= 0.6 is 15.9 Å². The molecule has 0 aliphatic heterocycles. The van der Waals surface area contributed by atoms with Gasteiger partial charge in [-0.25, -0.2) is 0 Å². The molecular weight excluding hydrogens is 400 g/mol. The smallest absolute Gasteiger partial charge is 0.258 e. The summed E-state index contributed by atoms with van der Waals surface area (Å²) in [4.78, 5) is 12.0. The standard InChI is InChI=1S/C19H31BrN2O4/c1-7-25-15-8-13(10-21-19(5,6)12-23)14(20)9-16(15)26-11-17(24)22-18(2,3)4/h8-9,21,23H,7,10-12H2,1-6H3,(H,22,24). The summed E-state index contributed by atoms with van der Waals surface area (Å²) < 4.78 is 12.2. The van der Waals surface area contributed by atoms with E-state index in [4.69, 9.17) is 9.47 Å². The van der Waals surface area contributed by atoms with E-state index in [2.05, 4.69) is 26.6 Å². The summed E-state index contributed by atoms with van der Waals surface area (Å²) in [5.74, 6) is 0.900. The second kappa shape index (κ2) is 9.58. The van der Waals surface area contributed by atoms with Gasteiger partial charge in [-0.05, 0) is 59.2 Å². The van der Waals surface area contributed by atoms with Gasteiger partial charge in [-0.15, -0.1) is 0 Å². The molecule has 0 radical (unpaired) electrons. The van der Waals surface area contributed by atoms with Crippen LogP contribution in [0.2, 0.25) is 0 Å². The van der Waals surface area contributed by atoms with Gasteiger partial charge in [0.25, 0.3) is 5.91 Å². The Morgan fingerprint density at radius 3 is 2.31 bits per heavy atom. The molecule has 0 heterocycles. The molecule has 0 spiro atoms. The molecule has 148 valence electrons. The second-order valence-corrected chi connectivity index (χ2v) is 8.66. The molecule has 1 amide bonds. The monoisotopic (exact) mass is 430 g/mol. The minimum Gasteiger partial charge on any atom is -0.490 e. The summed E-state index contributed by atoms with van der Waals surface area (Å²) in [6.45, 7) is 12.5. The molecule has 0 saturated heterocycles. The van der Waals surface area contributed by atoms with E-state index in [9.17, 15) is 9.90 Å². The number of benzene rings is 1. The van der Waals surface area contributed by atoms with Crippen LogP contribution in [0.4, 0.5) is 0 Å². The van der Waals surface area contributed by atoms with Crippen molar-refractivity contribution in [3.63, 3.8) is 0 Å². The van der Waals surface area contributed by atoms with Gasteiger partial charge in [-0.2, -0.15) is 0 Å². The van der Waals surface area contributed by atoms with Crippen molar-refractivity contribution in [3.05, 3.63) is 22.2 Å². The summed E-state index contributed by atoms with van der Waals surface area (Å²) in [7, 11) is 0. The number of hydrogen-bond acceptors (Lipinski definition) is 5.